The molecule has 1 radical (unpaired) electrons. The fraction of sp³-hybridized carbons (Fsp3) is 0.600. The molecule has 2 fully saturated rings. The normalized spacial score (nSPS) is 33.9. The summed E-state index contributed by atoms with van der Waals surface area (Å²) in [6.07, 6.45) is 7.68. The third-order valence-corrected chi connectivity index (χ3v) is 10.0. The molecule has 1 amide bonds. The number of ether oxygens (including phenoxy) is 1. The van der Waals surface area contributed by atoms with E-state index in [-0.39, 0.29) is 22.2 Å². The summed E-state index contributed by atoms with van der Waals surface area (Å²) in [5.41, 5.74) is -0.786. The molecule has 3 heterocycles. The first kappa shape index (κ1) is 17.7. The SMILES string of the molecule is C#CO[C@H](C)[C@@]1(C)C(=O)N2C(C(=O)O)=C(S[C@H]3CC[Si](O)C3)S[C@@H]21. The lowest BCUT2D eigenvalue weighted by Gasteiger charge is -2.52. The molecule has 2 N–H and O–H groups in total. The van der Waals surface area contributed by atoms with Crippen molar-refractivity contribution >= 4 is 44.4 Å². The molecule has 6 nitrogen and oxygen atoms in total. The number of amides is 1. The zero-order valence-electron chi connectivity index (χ0n) is 13.3. The van der Waals surface area contributed by atoms with Gasteiger partial charge in [-0.2, -0.15) is 0 Å². The van der Waals surface area contributed by atoms with Crippen molar-refractivity contribution in [3.05, 3.63) is 9.93 Å². The molecule has 0 aromatic carbocycles. The van der Waals surface area contributed by atoms with Gasteiger partial charge in [-0.25, -0.2) is 4.79 Å². The van der Waals surface area contributed by atoms with Crippen molar-refractivity contribution < 1.29 is 24.2 Å². The molecule has 3 aliphatic heterocycles. The smallest absolute Gasteiger partial charge is 0.354 e. The van der Waals surface area contributed by atoms with E-state index in [1.807, 2.05) is 0 Å². The second-order valence-electron chi connectivity index (χ2n) is 6.30. The highest BCUT2D eigenvalue weighted by Crippen LogP contribution is 2.60. The first-order chi connectivity index (χ1) is 11.3. The molecule has 0 bridgehead atoms. The third kappa shape index (κ3) is 2.56. The minimum Gasteiger partial charge on any atom is -0.477 e. The standard InChI is InChI=1S/C15H18NO5S2Si/c1-4-21-8(2)15(3)13(19)16-10(11(17)18)12(23-14(15)16)22-9-5-6-24(20)7-9/h1,8-9,14,20H,5-7H2,2-3H3,(H,17,18)/t8-,9+,14-,15+/m1/s1. The van der Waals surface area contributed by atoms with E-state index in [1.54, 1.807) is 13.8 Å². The van der Waals surface area contributed by atoms with Crippen LogP contribution in [0.5, 0.6) is 0 Å². The molecular formula is C15H18NO5S2Si. The fourth-order valence-corrected chi connectivity index (χ4v) is 9.06. The van der Waals surface area contributed by atoms with Crippen LogP contribution in [0, 0.1) is 17.9 Å². The Kier molecular flexibility index (Phi) is 4.68. The molecule has 0 aromatic heterocycles. The van der Waals surface area contributed by atoms with Crippen LogP contribution in [-0.4, -0.2) is 52.4 Å². The Labute approximate surface area is 150 Å². The topological polar surface area (TPSA) is 87.1 Å². The predicted molar refractivity (Wildman–Crippen MR) is 94.0 cm³/mol. The van der Waals surface area contributed by atoms with Gasteiger partial charge < -0.3 is 14.6 Å². The number of hydrogen-bond donors (Lipinski definition) is 2. The third-order valence-electron chi connectivity index (χ3n) is 4.86. The zero-order valence-corrected chi connectivity index (χ0v) is 15.9. The summed E-state index contributed by atoms with van der Waals surface area (Å²) in [5, 5.41) is 9.48. The van der Waals surface area contributed by atoms with Gasteiger partial charge in [-0.15, -0.1) is 11.8 Å². The molecule has 9 heteroatoms. The summed E-state index contributed by atoms with van der Waals surface area (Å²) in [7, 11) is -1.27. The molecule has 0 saturated carbocycles. The average molecular weight is 385 g/mol. The zero-order chi connectivity index (χ0) is 17.6. The van der Waals surface area contributed by atoms with E-state index in [9.17, 15) is 19.5 Å². The second kappa shape index (κ2) is 6.33. The minimum absolute atomic E-state index is 0.0593. The van der Waals surface area contributed by atoms with Crippen molar-refractivity contribution in [2.75, 3.05) is 0 Å². The van der Waals surface area contributed by atoms with E-state index in [0.29, 0.717) is 4.24 Å². The van der Waals surface area contributed by atoms with Crippen molar-refractivity contribution in [3.8, 4) is 12.5 Å². The number of carbonyl (C=O) groups excluding carboxylic acids is 1. The van der Waals surface area contributed by atoms with Crippen LogP contribution in [0.15, 0.2) is 9.93 Å². The Morgan fingerprint density at radius 3 is 2.92 bits per heavy atom. The lowest BCUT2D eigenvalue weighted by Crippen LogP contribution is -2.68. The van der Waals surface area contributed by atoms with Crippen LogP contribution in [0.4, 0.5) is 0 Å². The largest absolute Gasteiger partial charge is 0.477 e. The van der Waals surface area contributed by atoms with Gasteiger partial charge in [0.25, 0.3) is 0 Å². The summed E-state index contributed by atoms with van der Waals surface area (Å²) < 4.78 is 5.82. The molecule has 3 rings (SSSR count). The van der Waals surface area contributed by atoms with Gasteiger partial charge in [0.1, 0.15) is 23.0 Å². The molecule has 0 aromatic rings. The van der Waals surface area contributed by atoms with E-state index in [2.05, 4.69) is 6.11 Å². The molecule has 0 unspecified atom stereocenters. The van der Waals surface area contributed by atoms with Gasteiger partial charge in [0.05, 0.1) is 4.24 Å². The quantitative estimate of drug-likeness (QED) is 0.423. The Morgan fingerprint density at radius 2 is 2.38 bits per heavy atom. The molecule has 24 heavy (non-hydrogen) atoms. The number of carboxylic acids is 1. The highest BCUT2D eigenvalue weighted by Gasteiger charge is 2.67. The maximum atomic E-state index is 12.7. The minimum atomic E-state index is -1.27. The maximum Gasteiger partial charge on any atom is 0.354 e. The van der Waals surface area contributed by atoms with Crippen molar-refractivity contribution in [1.29, 1.82) is 0 Å². The van der Waals surface area contributed by atoms with E-state index in [4.69, 9.17) is 11.2 Å². The number of terminal acetylenes is 1. The highest BCUT2D eigenvalue weighted by molar-refractivity contribution is 8.23. The van der Waals surface area contributed by atoms with Gasteiger partial charge in [0, 0.05) is 5.25 Å². The maximum absolute atomic E-state index is 12.7. The van der Waals surface area contributed by atoms with Gasteiger partial charge in [-0.1, -0.05) is 18.2 Å². The number of carbonyl (C=O) groups is 2. The van der Waals surface area contributed by atoms with Gasteiger partial charge in [0.2, 0.25) is 14.9 Å². The average Bonchev–Trinajstić information content (AvgIpc) is 3.09. The van der Waals surface area contributed by atoms with E-state index < -0.39 is 26.5 Å². The molecule has 0 spiro atoms. The summed E-state index contributed by atoms with van der Waals surface area (Å²) in [4.78, 5) is 35.5. The van der Waals surface area contributed by atoms with Crippen LogP contribution < -0.4 is 0 Å². The van der Waals surface area contributed by atoms with E-state index in [0.717, 1.165) is 18.5 Å². The van der Waals surface area contributed by atoms with Gasteiger partial charge in [0.15, 0.2) is 5.70 Å². The fourth-order valence-electron chi connectivity index (χ4n) is 3.24. The molecule has 3 aliphatic rings. The first-order valence-corrected chi connectivity index (χ1v) is 11.2. The molecule has 4 atom stereocenters. The number of thioether (sulfide) groups is 2. The van der Waals surface area contributed by atoms with Crippen molar-refractivity contribution in [3.63, 3.8) is 0 Å². The Balaban J connectivity index is 1.83. The lowest BCUT2D eigenvalue weighted by atomic mass is 9.75. The summed E-state index contributed by atoms with van der Waals surface area (Å²) >= 11 is 2.88. The Hall–Kier alpha value is -1.08. The second-order valence-corrected chi connectivity index (χ2v) is 11.0. The van der Waals surface area contributed by atoms with Crippen molar-refractivity contribution in [2.24, 2.45) is 5.41 Å². The van der Waals surface area contributed by atoms with Crippen LogP contribution >= 0.6 is 23.5 Å². The number of nitrogens with zero attached hydrogens (tertiary/aromatic N) is 1. The number of aliphatic carboxylic acids is 1. The highest BCUT2D eigenvalue weighted by atomic mass is 32.2. The van der Waals surface area contributed by atoms with Crippen molar-refractivity contribution in [1.82, 2.24) is 4.90 Å². The Bertz CT molecular complexity index is 663. The molecule has 0 aliphatic carbocycles. The number of carboxylic acid groups (broad SMARTS) is 1. The first-order valence-electron chi connectivity index (χ1n) is 7.60. The van der Waals surface area contributed by atoms with Gasteiger partial charge >= 0.3 is 5.97 Å². The summed E-state index contributed by atoms with van der Waals surface area (Å²) in [6.45, 7) is 3.50. The molecule has 129 valence electrons. The predicted octanol–water partition coefficient (Wildman–Crippen LogP) is 1.65. The summed E-state index contributed by atoms with van der Waals surface area (Å²) in [5.74, 6) is -1.37. The van der Waals surface area contributed by atoms with Gasteiger partial charge in [-0.05, 0) is 32.4 Å². The number of hydrogen-bond acceptors (Lipinski definition) is 6. The number of fused-ring (bicyclic) bond motifs is 1. The monoisotopic (exact) mass is 384 g/mol. The van der Waals surface area contributed by atoms with Crippen LogP contribution in [0.2, 0.25) is 12.1 Å². The van der Waals surface area contributed by atoms with Crippen LogP contribution in [0.25, 0.3) is 0 Å². The lowest BCUT2D eigenvalue weighted by molar-refractivity contribution is -0.170. The van der Waals surface area contributed by atoms with Crippen molar-refractivity contribution in [2.45, 2.75) is 49.1 Å². The number of β-lactam (4-membered cyclic amide) rings is 1. The number of rotatable bonds is 5. The van der Waals surface area contributed by atoms with E-state index in [1.165, 1.54) is 28.4 Å². The van der Waals surface area contributed by atoms with Crippen LogP contribution in [0.3, 0.4) is 0 Å². The van der Waals surface area contributed by atoms with E-state index >= 15 is 0 Å². The van der Waals surface area contributed by atoms with Crippen LogP contribution in [-0.2, 0) is 14.3 Å². The van der Waals surface area contributed by atoms with Crippen LogP contribution in [0.1, 0.15) is 20.3 Å². The molecular weight excluding hydrogens is 366 g/mol. The molecule has 2 saturated heterocycles. The van der Waals surface area contributed by atoms with Gasteiger partial charge in [-0.3, -0.25) is 9.69 Å². The Morgan fingerprint density at radius 1 is 1.67 bits per heavy atom. The summed E-state index contributed by atoms with van der Waals surface area (Å²) in [6, 6.07) is 1.58.